The minimum atomic E-state index is -0.123. The number of carbonyl (C=O) groups excluding carboxylic acids is 1. The number of benzene rings is 2. The average Bonchev–Trinajstić information content (AvgIpc) is 2.72. The van der Waals surface area contributed by atoms with Gasteiger partial charge in [-0.15, -0.1) is 0 Å². The summed E-state index contributed by atoms with van der Waals surface area (Å²) in [7, 11) is 1.62. The number of para-hydroxylation sites is 1. The summed E-state index contributed by atoms with van der Waals surface area (Å²) >= 11 is 0. The Kier molecular flexibility index (Phi) is 7.02. The molecule has 0 spiro atoms. The van der Waals surface area contributed by atoms with Crippen molar-refractivity contribution in [3.63, 3.8) is 0 Å². The quantitative estimate of drug-likeness (QED) is 0.766. The molecule has 142 valence electrons. The largest absolute Gasteiger partial charge is 0.496 e. The molecule has 1 saturated heterocycles. The summed E-state index contributed by atoms with van der Waals surface area (Å²) in [6.07, 6.45) is 3.32. The highest BCUT2D eigenvalue weighted by molar-refractivity contribution is 5.92. The van der Waals surface area contributed by atoms with Gasteiger partial charge < -0.3 is 14.8 Å². The SMILES string of the molecule is COc1ccccc1/C=C/C(=O)NCc1ccccc1CN1CCOCC1. The Morgan fingerprint density at radius 3 is 2.59 bits per heavy atom. The molecular weight excluding hydrogens is 340 g/mol. The van der Waals surface area contributed by atoms with E-state index in [0.29, 0.717) is 6.54 Å². The zero-order valence-electron chi connectivity index (χ0n) is 15.7. The maximum absolute atomic E-state index is 12.2. The van der Waals surface area contributed by atoms with Crippen molar-refractivity contribution in [3.05, 3.63) is 71.3 Å². The Labute approximate surface area is 160 Å². The van der Waals surface area contributed by atoms with Crippen LogP contribution in [0.3, 0.4) is 0 Å². The van der Waals surface area contributed by atoms with Crippen LogP contribution in [-0.4, -0.2) is 44.2 Å². The van der Waals surface area contributed by atoms with E-state index in [1.54, 1.807) is 19.3 Å². The Morgan fingerprint density at radius 1 is 1.11 bits per heavy atom. The zero-order valence-corrected chi connectivity index (χ0v) is 15.7. The topological polar surface area (TPSA) is 50.8 Å². The second-order valence-electron chi connectivity index (χ2n) is 6.45. The number of rotatable bonds is 7. The van der Waals surface area contributed by atoms with Crippen molar-refractivity contribution in [1.29, 1.82) is 0 Å². The molecule has 3 rings (SSSR count). The number of hydrogen-bond donors (Lipinski definition) is 1. The Bertz CT molecular complexity index is 783. The molecule has 1 N–H and O–H groups in total. The predicted molar refractivity (Wildman–Crippen MR) is 106 cm³/mol. The summed E-state index contributed by atoms with van der Waals surface area (Å²) in [5, 5.41) is 2.97. The molecule has 5 heteroatoms. The lowest BCUT2D eigenvalue weighted by molar-refractivity contribution is -0.116. The van der Waals surface area contributed by atoms with E-state index in [9.17, 15) is 4.79 Å². The van der Waals surface area contributed by atoms with Gasteiger partial charge in [-0.2, -0.15) is 0 Å². The minimum Gasteiger partial charge on any atom is -0.496 e. The third-order valence-electron chi connectivity index (χ3n) is 4.62. The van der Waals surface area contributed by atoms with E-state index < -0.39 is 0 Å². The molecule has 0 unspecified atom stereocenters. The van der Waals surface area contributed by atoms with Crippen molar-refractivity contribution in [3.8, 4) is 5.75 Å². The lowest BCUT2D eigenvalue weighted by Gasteiger charge is -2.27. The standard InChI is InChI=1S/C22H26N2O3/c1-26-21-9-5-4-6-18(21)10-11-22(25)23-16-19-7-2-3-8-20(19)17-24-12-14-27-15-13-24/h2-11H,12-17H2,1H3,(H,23,25)/b11-10+. The van der Waals surface area contributed by atoms with Gasteiger partial charge in [-0.3, -0.25) is 9.69 Å². The molecule has 0 saturated carbocycles. The first-order valence-corrected chi connectivity index (χ1v) is 9.22. The van der Waals surface area contributed by atoms with Gasteiger partial charge in [0, 0.05) is 37.8 Å². The van der Waals surface area contributed by atoms with E-state index >= 15 is 0 Å². The number of nitrogens with one attached hydrogen (secondary N) is 1. The Hall–Kier alpha value is -2.63. The van der Waals surface area contributed by atoms with Gasteiger partial charge in [0.1, 0.15) is 5.75 Å². The van der Waals surface area contributed by atoms with Gasteiger partial charge in [-0.25, -0.2) is 0 Å². The van der Waals surface area contributed by atoms with Crippen molar-refractivity contribution in [2.45, 2.75) is 13.1 Å². The lowest BCUT2D eigenvalue weighted by Crippen LogP contribution is -2.36. The van der Waals surface area contributed by atoms with Crippen molar-refractivity contribution >= 4 is 12.0 Å². The van der Waals surface area contributed by atoms with E-state index in [2.05, 4.69) is 22.3 Å². The molecule has 0 bridgehead atoms. The van der Waals surface area contributed by atoms with Gasteiger partial charge >= 0.3 is 0 Å². The molecular formula is C22H26N2O3. The number of ether oxygens (including phenoxy) is 2. The third kappa shape index (κ3) is 5.67. The van der Waals surface area contributed by atoms with E-state index in [1.807, 2.05) is 36.4 Å². The number of carbonyl (C=O) groups is 1. The van der Waals surface area contributed by atoms with E-state index in [-0.39, 0.29) is 5.91 Å². The molecule has 0 aromatic heterocycles. The molecule has 0 atom stereocenters. The monoisotopic (exact) mass is 366 g/mol. The molecule has 1 amide bonds. The van der Waals surface area contributed by atoms with Crippen LogP contribution in [0.4, 0.5) is 0 Å². The molecule has 1 aliphatic rings. The van der Waals surface area contributed by atoms with Crippen molar-refractivity contribution in [1.82, 2.24) is 10.2 Å². The summed E-state index contributed by atoms with van der Waals surface area (Å²) in [5.41, 5.74) is 3.26. The summed E-state index contributed by atoms with van der Waals surface area (Å²) in [4.78, 5) is 14.6. The van der Waals surface area contributed by atoms with Gasteiger partial charge in [-0.1, -0.05) is 42.5 Å². The smallest absolute Gasteiger partial charge is 0.244 e. The number of nitrogens with zero attached hydrogens (tertiary/aromatic N) is 1. The molecule has 0 radical (unpaired) electrons. The normalized spacial score (nSPS) is 15.0. The number of hydrogen-bond acceptors (Lipinski definition) is 4. The van der Waals surface area contributed by atoms with Crippen LogP contribution in [-0.2, 0) is 22.6 Å². The van der Waals surface area contributed by atoms with Gasteiger partial charge in [-0.05, 0) is 23.3 Å². The first-order valence-electron chi connectivity index (χ1n) is 9.22. The van der Waals surface area contributed by atoms with Gasteiger partial charge in [0.2, 0.25) is 5.91 Å². The van der Waals surface area contributed by atoms with E-state index in [0.717, 1.165) is 49.7 Å². The highest BCUT2D eigenvalue weighted by Gasteiger charge is 2.12. The molecule has 2 aromatic rings. The van der Waals surface area contributed by atoms with Crippen LogP contribution in [0, 0.1) is 0 Å². The van der Waals surface area contributed by atoms with Crippen LogP contribution in [0.1, 0.15) is 16.7 Å². The summed E-state index contributed by atoms with van der Waals surface area (Å²) < 4.78 is 10.7. The molecule has 2 aromatic carbocycles. The summed E-state index contributed by atoms with van der Waals surface area (Å²) in [6, 6.07) is 15.9. The van der Waals surface area contributed by atoms with Crippen LogP contribution in [0.25, 0.3) is 6.08 Å². The van der Waals surface area contributed by atoms with E-state index in [4.69, 9.17) is 9.47 Å². The molecule has 1 aliphatic heterocycles. The van der Waals surface area contributed by atoms with Crippen LogP contribution >= 0.6 is 0 Å². The Balaban J connectivity index is 1.58. The van der Waals surface area contributed by atoms with Crippen molar-refractivity contribution < 1.29 is 14.3 Å². The third-order valence-corrected chi connectivity index (χ3v) is 4.62. The van der Waals surface area contributed by atoms with Crippen LogP contribution in [0.15, 0.2) is 54.6 Å². The minimum absolute atomic E-state index is 0.123. The fourth-order valence-corrected chi connectivity index (χ4v) is 3.10. The molecule has 1 heterocycles. The lowest BCUT2D eigenvalue weighted by atomic mass is 10.1. The highest BCUT2D eigenvalue weighted by atomic mass is 16.5. The predicted octanol–water partition coefficient (Wildman–Crippen LogP) is 2.86. The average molecular weight is 366 g/mol. The maximum atomic E-state index is 12.2. The number of amides is 1. The first-order chi connectivity index (χ1) is 13.3. The summed E-state index contributed by atoms with van der Waals surface area (Å²) in [5.74, 6) is 0.625. The van der Waals surface area contributed by atoms with Crippen LogP contribution in [0.2, 0.25) is 0 Å². The second-order valence-corrected chi connectivity index (χ2v) is 6.45. The van der Waals surface area contributed by atoms with Gasteiger partial charge in [0.15, 0.2) is 0 Å². The molecule has 0 aliphatic carbocycles. The van der Waals surface area contributed by atoms with Crippen LogP contribution in [0.5, 0.6) is 5.75 Å². The van der Waals surface area contributed by atoms with E-state index in [1.165, 1.54) is 5.56 Å². The van der Waals surface area contributed by atoms with Gasteiger partial charge in [0.25, 0.3) is 0 Å². The van der Waals surface area contributed by atoms with Gasteiger partial charge in [0.05, 0.1) is 20.3 Å². The highest BCUT2D eigenvalue weighted by Crippen LogP contribution is 2.18. The van der Waals surface area contributed by atoms with Crippen molar-refractivity contribution in [2.75, 3.05) is 33.4 Å². The maximum Gasteiger partial charge on any atom is 0.244 e. The van der Waals surface area contributed by atoms with Crippen molar-refractivity contribution in [2.24, 2.45) is 0 Å². The first kappa shape index (κ1) is 19.1. The molecule has 27 heavy (non-hydrogen) atoms. The number of morpholine rings is 1. The molecule has 1 fully saturated rings. The Morgan fingerprint density at radius 2 is 1.81 bits per heavy atom. The fraction of sp³-hybridized carbons (Fsp3) is 0.318. The second kappa shape index (κ2) is 9.90. The fourth-order valence-electron chi connectivity index (χ4n) is 3.10. The summed E-state index contributed by atoms with van der Waals surface area (Å²) in [6.45, 7) is 4.85. The number of methoxy groups -OCH3 is 1. The molecule has 5 nitrogen and oxygen atoms in total. The zero-order chi connectivity index (χ0) is 18.9. The van der Waals surface area contributed by atoms with Crippen LogP contribution < -0.4 is 10.1 Å².